The first-order chi connectivity index (χ1) is 13.7. The van der Waals surface area contributed by atoms with E-state index in [9.17, 15) is 0 Å². The first-order valence-corrected chi connectivity index (χ1v) is 9.74. The molecule has 0 radical (unpaired) electrons. The Bertz CT molecular complexity index is 930. The van der Waals surface area contributed by atoms with Crippen molar-refractivity contribution in [3.05, 3.63) is 76.2 Å². The molecule has 0 amide bonds. The zero-order valence-corrected chi connectivity index (χ0v) is 19.8. The molecule has 0 spiro atoms. The summed E-state index contributed by atoms with van der Waals surface area (Å²) in [4.78, 5) is 8.61. The largest absolute Gasteiger partial charge is 0.356 e. The van der Waals surface area contributed by atoms with Gasteiger partial charge in [-0.2, -0.15) is 5.10 Å². The van der Waals surface area contributed by atoms with Gasteiger partial charge in [0.05, 0.1) is 0 Å². The highest BCUT2D eigenvalue weighted by Gasteiger charge is 2.04. The molecule has 1 aromatic carbocycles. The Kier molecular flexibility index (Phi) is 9.69. The molecule has 2 N–H and O–H groups in total. The average Bonchev–Trinajstić information content (AvgIpc) is 3.24. The first-order valence-electron chi connectivity index (χ1n) is 8.99. The lowest BCUT2D eigenvalue weighted by Gasteiger charge is -2.12. The van der Waals surface area contributed by atoms with Gasteiger partial charge in [-0.15, -0.1) is 24.0 Å². The molecular formula is C20H23Cl2IN6. The summed E-state index contributed by atoms with van der Waals surface area (Å²) in [6.45, 7) is 1.42. The molecule has 0 fully saturated rings. The van der Waals surface area contributed by atoms with Crippen LogP contribution in [-0.4, -0.2) is 34.3 Å². The van der Waals surface area contributed by atoms with Crippen LogP contribution in [0.1, 0.15) is 17.5 Å². The molecule has 29 heavy (non-hydrogen) atoms. The number of aryl methyl sites for hydroxylation is 1. The van der Waals surface area contributed by atoms with E-state index in [1.54, 1.807) is 30.2 Å². The maximum absolute atomic E-state index is 6.21. The number of hydrogen-bond acceptors (Lipinski definition) is 3. The molecule has 6 nitrogen and oxygen atoms in total. The normalized spacial score (nSPS) is 11.1. The maximum atomic E-state index is 6.21. The molecule has 0 aliphatic rings. The number of guanidine groups is 1. The minimum atomic E-state index is 0. The van der Waals surface area contributed by atoms with Crippen LogP contribution < -0.4 is 10.6 Å². The van der Waals surface area contributed by atoms with Crippen molar-refractivity contribution in [1.82, 2.24) is 25.4 Å². The maximum Gasteiger partial charge on any atom is 0.191 e. The average molecular weight is 545 g/mol. The Morgan fingerprint density at radius 1 is 1.14 bits per heavy atom. The molecular weight excluding hydrogens is 522 g/mol. The lowest BCUT2D eigenvalue weighted by Crippen LogP contribution is -2.37. The van der Waals surface area contributed by atoms with Crippen molar-refractivity contribution in [3.8, 4) is 5.82 Å². The molecule has 3 rings (SSSR count). The van der Waals surface area contributed by atoms with Gasteiger partial charge in [-0.3, -0.25) is 4.99 Å². The minimum Gasteiger partial charge on any atom is -0.356 e. The van der Waals surface area contributed by atoms with Gasteiger partial charge in [-0.05, 0) is 54.3 Å². The highest BCUT2D eigenvalue weighted by Crippen LogP contribution is 2.21. The standard InChI is InChI=1S/C20H22Cl2N6.HI/c1-23-20(25-8-2-4-16-5-6-17(21)13-18(16)22)26-14-15-7-10-24-19(12-15)28-11-3-9-27-28;/h3,5-7,9-13H,2,4,8,14H2,1H3,(H2,23,25,26);1H. The first kappa shape index (κ1) is 23.4. The Balaban J connectivity index is 0.00000300. The summed E-state index contributed by atoms with van der Waals surface area (Å²) in [6.07, 6.45) is 7.18. The number of benzene rings is 1. The van der Waals surface area contributed by atoms with E-state index in [0.717, 1.165) is 42.3 Å². The number of nitrogens with zero attached hydrogens (tertiary/aromatic N) is 4. The van der Waals surface area contributed by atoms with E-state index < -0.39 is 0 Å². The van der Waals surface area contributed by atoms with Crippen LogP contribution in [-0.2, 0) is 13.0 Å². The fraction of sp³-hybridized carbons (Fsp3) is 0.250. The topological polar surface area (TPSA) is 67.1 Å². The van der Waals surface area contributed by atoms with Gasteiger partial charge in [-0.1, -0.05) is 29.3 Å². The summed E-state index contributed by atoms with van der Waals surface area (Å²) in [5.41, 5.74) is 2.19. The van der Waals surface area contributed by atoms with Gasteiger partial charge in [0, 0.05) is 48.8 Å². The molecule has 0 saturated heterocycles. The quantitative estimate of drug-likeness (QED) is 0.199. The van der Waals surface area contributed by atoms with Gasteiger partial charge in [0.15, 0.2) is 11.8 Å². The van der Waals surface area contributed by atoms with Crippen LogP contribution in [0.25, 0.3) is 5.82 Å². The SMILES string of the molecule is CN=C(NCCCc1ccc(Cl)cc1Cl)NCc1ccnc(-n2cccn2)c1.I. The third-order valence-corrected chi connectivity index (χ3v) is 4.75. The van der Waals surface area contributed by atoms with Gasteiger partial charge in [0.25, 0.3) is 0 Å². The summed E-state index contributed by atoms with van der Waals surface area (Å²) in [6, 6.07) is 11.4. The summed E-state index contributed by atoms with van der Waals surface area (Å²) >= 11 is 12.1. The van der Waals surface area contributed by atoms with Gasteiger partial charge in [0.1, 0.15) is 0 Å². The zero-order valence-electron chi connectivity index (χ0n) is 16.0. The molecule has 0 unspecified atom stereocenters. The summed E-state index contributed by atoms with van der Waals surface area (Å²) in [5.74, 6) is 1.53. The lowest BCUT2D eigenvalue weighted by atomic mass is 10.1. The number of nitrogens with one attached hydrogen (secondary N) is 2. The van der Waals surface area contributed by atoms with Crippen molar-refractivity contribution in [2.24, 2.45) is 4.99 Å². The highest BCUT2D eigenvalue weighted by molar-refractivity contribution is 14.0. The van der Waals surface area contributed by atoms with E-state index in [2.05, 4.69) is 25.7 Å². The predicted molar refractivity (Wildman–Crippen MR) is 130 cm³/mol. The van der Waals surface area contributed by atoms with E-state index in [4.69, 9.17) is 23.2 Å². The number of pyridine rings is 1. The number of rotatable bonds is 7. The van der Waals surface area contributed by atoms with E-state index >= 15 is 0 Å². The molecule has 2 heterocycles. The fourth-order valence-electron chi connectivity index (χ4n) is 2.72. The van der Waals surface area contributed by atoms with Gasteiger partial charge in [-0.25, -0.2) is 9.67 Å². The van der Waals surface area contributed by atoms with Crippen molar-refractivity contribution < 1.29 is 0 Å². The molecule has 9 heteroatoms. The van der Waals surface area contributed by atoms with Crippen LogP contribution in [0.3, 0.4) is 0 Å². The number of hydrogen-bond donors (Lipinski definition) is 2. The molecule has 0 aliphatic heterocycles. The fourth-order valence-corrected chi connectivity index (χ4v) is 3.22. The summed E-state index contributed by atoms with van der Waals surface area (Å²) < 4.78 is 1.73. The molecule has 0 aliphatic carbocycles. The van der Waals surface area contributed by atoms with Gasteiger partial charge in [0.2, 0.25) is 0 Å². The van der Waals surface area contributed by atoms with Gasteiger partial charge < -0.3 is 10.6 Å². The molecule has 3 aromatic rings. The van der Waals surface area contributed by atoms with Crippen molar-refractivity contribution in [1.29, 1.82) is 0 Å². The second kappa shape index (κ2) is 12.0. The smallest absolute Gasteiger partial charge is 0.191 e. The zero-order chi connectivity index (χ0) is 19.8. The van der Waals surface area contributed by atoms with Crippen molar-refractivity contribution in [2.45, 2.75) is 19.4 Å². The Morgan fingerprint density at radius 2 is 2.00 bits per heavy atom. The Hall–Kier alpha value is -1.84. The summed E-state index contributed by atoms with van der Waals surface area (Å²) in [5, 5.41) is 12.2. The molecule has 0 atom stereocenters. The Morgan fingerprint density at radius 3 is 2.72 bits per heavy atom. The second-order valence-electron chi connectivity index (χ2n) is 6.16. The van der Waals surface area contributed by atoms with Gasteiger partial charge >= 0.3 is 0 Å². The van der Waals surface area contributed by atoms with Crippen molar-refractivity contribution in [3.63, 3.8) is 0 Å². The highest BCUT2D eigenvalue weighted by atomic mass is 127. The Labute approximate surface area is 197 Å². The van der Waals surface area contributed by atoms with E-state index in [1.807, 2.05) is 36.5 Å². The third-order valence-electron chi connectivity index (χ3n) is 4.16. The lowest BCUT2D eigenvalue weighted by molar-refractivity contribution is 0.741. The van der Waals surface area contributed by atoms with Crippen LogP contribution >= 0.6 is 47.2 Å². The number of aromatic nitrogens is 3. The second-order valence-corrected chi connectivity index (χ2v) is 7.01. The molecule has 0 saturated carbocycles. The van der Waals surface area contributed by atoms with Crippen LogP contribution in [0.2, 0.25) is 10.0 Å². The minimum absolute atomic E-state index is 0. The van der Waals surface area contributed by atoms with E-state index in [0.29, 0.717) is 16.6 Å². The van der Waals surface area contributed by atoms with Crippen molar-refractivity contribution >= 4 is 53.1 Å². The van der Waals surface area contributed by atoms with E-state index in [1.165, 1.54) is 0 Å². The summed E-state index contributed by atoms with van der Waals surface area (Å²) in [7, 11) is 1.76. The predicted octanol–water partition coefficient (Wildman–Crippen LogP) is 4.49. The van der Waals surface area contributed by atoms with Crippen LogP contribution in [0.4, 0.5) is 0 Å². The van der Waals surface area contributed by atoms with Crippen LogP contribution in [0.5, 0.6) is 0 Å². The number of halogens is 3. The van der Waals surface area contributed by atoms with Crippen LogP contribution in [0, 0.1) is 0 Å². The van der Waals surface area contributed by atoms with E-state index in [-0.39, 0.29) is 24.0 Å². The third kappa shape index (κ3) is 7.17. The molecule has 2 aromatic heterocycles. The van der Waals surface area contributed by atoms with Crippen LogP contribution in [0.15, 0.2) is 60.0 Å². The monoisotopic (exact) mass is 544 g/mol. The van der Waals surface area contributed by atoms with Crippen molar-refractivity contribution in [2.75, 3.05) is 13.6 Å². The molecule has 154 valence electrons. The number of aliphatic imine (C=N–C) groups is 1. The molecule has 0 bridgehead atoms.